The Morgan fingerprint density at radius 1 is 1.00 bits per heavy atom. The summed E-state index contributed by atoms with van der Waals surface area (Å²) in [5, 5.41) is 25.3. The monoisotopic (exact) mass is 679 g/mol. The molecule has 0 spiro atoms. The Balaban J connectivity index is 1.27. The van der Waals surface area contributed by atoms with Gasteiger partial charge in [-0.1, -0.05) is 34.1 Å². The van der Waals surface area contributed by atoms with Crippen molar-refractivity contribution in [1.29, 1.82) is 0 Å². The smallest absolute Gasteiger partial charge is 0.459 e. The normalized spacial score (nSPS) is 39.2. The van der Waals surface area contributed by atoms with E-state index in [4.69, 9.17) is 13.8 Å². The van der Waals surface area contributed by atoms with Crippen LogP contribution in [0, 0.1) is 58.1 Å². The lowest BCUT2D eigenvalue weighted by atomic mass is 9.41. The second-order valence-corrected chi connectivity index (χ2v) is 17.8. The van der Waals surface area contributed by atoms with E-state index < -0.39 is 25.6 Å². The van der Waals surface area contributed by atoms with Gasteiger partial charge in [0.1, 0.15) is 17.6 Å². The van der Waals surface area contributed by atoms with E-state index >= 15 is 0 Å². The molecular formula is C37H59FNO7P. The van der Waals surface area contributed by atoms with Crippen molar-refractivity contribution < 1.29 is 37.7 Å². The maximum Gasteiger partial charge on any atom is 0.459 e. The van der Waals surface area contributed by atoms with E-state index in [9.17, 15) is 24.0 Å². The van der Waals surface area contributed by atoms with Crippen LogP contribution in [-0.4, -0.2) is 47.1 Å². The highest BCUT2D eigenvalue weighted by Gasteiger charge is 2.64. The molecule has 4 saturated carbocycles. The average molecular weight is 680 g/mol. The predicted octanol–water partition coefficient (Wildman–Crippen LogP) is 7.91. The summed E-state index contributed by atoms with van der Waals surface area (Å²) in [4.78, 5) is 12.5. The topological polar surface area (TPSA) is 114 Å². The average Bonchev–Trinajstić information content (AvgIpc) is 3.36. The van der Waals surface area contributed by atoms with E-state index in [0.717, 1.165) is 51.4 Å². The molecule has 0 aliphatic heterocycles. The van der Waals surface area contributed by atoms with Crippen LogP contribution in [0.1, 0.15) is 106 Å². The number of ether oxygens (including phenoxy) is 1. The molecule has 0 amide bonds. The summed E-state index contributed by atoms with van der Waals surface area (Å²) in [5.74, 6) is 1.69. The number of nitrogens with one attached hydrogen (secondary N) is 1. The molecule has 4 fully saturated rings. The van der Waals surface area contributed by atoms with Gasteiger partial charge in [-0.25, -0.2) is 8.96 Å². The Kier molecular flexibility index (Phi) is 11.2. The summed E-state index contributed by atoms with van der Waals surface area (Å²) in [6, 6.07) is 4.24. The van der Waals surface area contributed by atoms with Crippen molar-refractivity contribution >= 4 is 13.7 Å². The lowest BCUT2D eigenvalue weighted by Crippen LogP contribution is -2.62. The molecule has 3 N–H and O–H groups in total. The minimum atomic E-state index is -4.03. The molecule has 4 aliphatic rings. The molecule has 5 rings (SSSR count). The third-order valence-corrected chi connectivity index (χ3v) is 14.8. The molecular weight excluding hydrogens is 620 g/mol. The van der Waals surface area contributed by atoms with Gasteiger partial charge in [-0.15, -0.1) is 0 Å². The molecule has 0 bridgehead atoms. The van der Waals surface area contributed by atoms with Crippen LogP contribution in [0.5, 0.6) is 5.75 Å². The van der Waals surface area contributed by atoms with Crippen molar-refractivity contribution in [2.75, 3.05) is 6.61 Å². The minimum absolute atomic E-state index is 0.0961. The fourth-order valence-electron chi connectivity index (χ4n) is 10.8. The summed E-state index contributed by atoms with van der Waals surface area (Å²) >= 11 is 0. The van der Waals surface area contributed by atoms with E-state index in [1.165, 1.54) is 24.3 Å². The Hall–Kier alpha value is -1.51. The molecule has 13 atom stereocenters. The van der Waals surface area contributed by atoms with E-state index in [-0.39, 0.29) is 59.3 Å². The molecule has 0 aromatic heterocycles. The van der Waals surface area contributed by atoms with Gasteiger partial charge in [-0.2, -0.15) is 5.09 Å². The van der Waals surface area contributed by atoms with Gasteiger partial charge in [0.2, 0.25) is 0 Å². The summed E-state index contributed by atoms with van der Waals surface area (Å²) < 4.78 is 44.5. The molecule has 266 valence electrons. The van der Waals surface area contributed by atoms with Crippen LogP contribution in [-0.2, 0) is 18.6 Å². The zero-order valence-corrected chi connectivity index (χ0v) is 30.4. The fraction of sp³-hybridized carbons (Fsp3) is 0.811. The van der Waals surface area contributed by atoms with Crippen molar-refractivity contribution in [3.63, 3.8) is 0 Å². The van der Waals surface area contributed by atoms with Crippen LogP contribution in [0.4, 0.5) is 4.39 Å². The van der Waals surface area contributed by atoms with E-state index in [1.807, 2.05) is 0 Å². The van der Waals surface area contributed by atoms with Crippen molar-refractivity contribution in [3.05, 3.63) is 30.1 Å². The third kappa shape index (κ3) is 7.36. The molecule has 4 unspecified atom stereocenters. The van der Waals surface area contributed by atoms with Gasteiger partial charge in [0.25, 0.3) is 0 Å². The third-order valence-electron chi connectivity index (χ3n) is 13.1. The standard InChI is InChI=1S/C37H59FNO7P/c1-8-28-32-21-26(40)15-18-37(32,7)31-16-19-36(6)29(13-14-30(36)33(31)34(28)41)23(4)17-20-44-47(43,39-24(5)35(42)45-22(2)3)46-27-11-9-25(38)10-12-27/h9-12,22-24,26,28-34,40-41H,8,13-21H2,1-7H3,(H,39,43)/t23-,24+,26-,28-,29-,30?,31?,32?,33?,34-,36-,37-,47+/m1/s1. The number of halogens is 1. The molecule has 0 heterocycles. The first-order chi connectivity index (χ1) is 22.1. The van der Waals surface area contributed by atoms with Gasteiger partial charge in [0, 0.05) is 0 Å². The van der Waals surface area contributed by atoms with Crippen molar-refractivity contribution in [2.24, 2.45) is 52.3 Å². The van der Waals surface area contributed by atoms with Crippen LogP contribution in [0.25, 0.3) is 0 Å². The highest BCUT2D eigenvalue weighted by Crippen LogP contribution is 2.69. The molecule has 1 aromatic carbocycles. The molecule has 0 radical (unpaired) electrons. The minimum Gasteiger partial charge on any atom is -0.462 e. The number of carbonyl (C=O) groups is 1. The second-order valence-electron chi connectivity index (χ2n) is 16.1. The van der Waals surface area contributed by atoms with Gasteiger partial charge in [-0.3, -0.25) is 9.32 Å². The summed E-state index contributed by atoms with van der Waals surface area (Å²) in [5.41, 5.74) is 0.263. The molecule has 4 aliphatic carbocycles. The molecule has 0 saturated heterocycles. The van der Waals surface area contributed by atoms with Crippen LogP contribution in [0.15, 0.2) is 24.3 Å². The van der Waals surface area contributed by atoms with Crippen LogP contribution in [0.3, 0.4) is 0 Å². The van der Waals surface area contributed by atoms with E-state index in [1.54, 1.807) is 20.8 Å². The van der Waals surface area contributed by atoms with Gasteiger partial charge >= 0.3 is 13.7 Å². The van der Waals surface area contributed by atoms with Crippen LogP contribution in [0.2, 0.25) is 0 Å². The molecule has 47 heavy (non-hydrogen) atoms. The zero-order chi connectivity index (χ0) is 34.3. The number of hydrogen-bond donors (Lipinski definition) is 3. The maximum atomic E-state index is 14.0. The molecule has 10 heteroatoms. The zero-order valence-electron chi connectivity index (χ0n) is 29.5. The number of aliphatic hydroxyl groups excluding tert-OH is 2. The van der Waals surface area contributed by atoms with Gasteiger partial charge in [0.05, 0.1) is 24.9 Å². The number of esters is 1. The van der Waals surface area contributed by atoms with E-state index in [2.05, 4.69) is 32.8 Å². The van der Waals surface area contributed by atoms with Crippen LogP contribution < -0.4 is 9.61 Å². The first-order valence-electron chi connectivity index (χ1n) is 18.2. The Bertz CT molecular complexity index is 1280. The second kappa shape index (κ2) is 14.4. The predicted molar refractivity (Wildman–Crippen MR) is 180 cm³/mol. The summed E-state index contributed by atoms with van der Waals surface area (Å²) in [7, 11) is -4.03. The van der Waals surface area contributed by atoms with Crippen molar-refractivity contribution in [1.82, 2.24) is 5.09 Å². The highest BCUT2D eigenvalue weighted by molar-refractivity contribution is 7.52. The highest BCUT2D eigenvalue weighted by atomic mass is 31.2. The Labute approximate surface area is 281 Å². The largest absolute Gasteiger partial charge is 0.462 e. The SMILES string of the molecule is CC[C@@H]1C2C[C@H](O)CC[C@]2(C)C2CC[C@@]3(C)C(CC[C@@H]3[C@H](C)CCO[P@@](=O)(N[C@@H](C)C(=O)OC(C)C)Oc3ccc(F)cc3)C2[C@@H]1O. The van der Waals surface area contributed by atoms with Crippen molar-refractivity contribution in [2.45, 2.75) is 131 Å². The van der Waals surface area contributed by atoms with E-state index in [0.29, 0.717) is 30.1 Å². The Morgan fingerprint density at radius 2 is 1.66 bits per heavy atom. The van der Waals surface area contributed by atoms with Crippen LogP contribution >= 0.6 is 7.75 Å². The maximum absolute atomic E-state index is 14.0. The summed E-state index contributed by atoms with van der Waals surface area (Å²) in [6.45, 7) is 14.6. The lowest BCUT2D eigenvalue weighted by molar-refractivity contribution is -0.203. The van der Waals surface area contributed by atoms with Crippen molar-refractivity contribution in [3.8, 4) is 5.75 Å². The number of aliphatic hydroxyl groups is 2. The van der Waals surface area contributed by atoms with Gasteiger partial charge in [0.15, 0.2) is 0 Å². The first kappa shape index (κ1) is 36.8. The lowest BCUT2D eigenvalue weighted by Gasteiger charge is -2.64. The Morgan fingerprint density at radius 3 is 2.32 bits per heavy atom. The number of fused-ring (bicyclic) bond motifs is 5. The van der Waals surface area contributed by atoms with Gasteiger partial charge < -0.3 is 19.5 Å². The fourth-order valence-corrected chi connectivity index (χ4v) is 12.3. The first-order valence-corrected chi connectivity index (χ1v) is 19.7. The summed E-state index contributed by atoms with van der Waals surface area (Å²) in [6.07, 6.45) is 7.86. The number of carbonyl (C=O) groups excluding carboxylic acids is 1. The number of rotatable bonds is 12. The molecule has 1 aromatic rings. The number of benzene rings is 1. The quantitative estimate of drug-likeness (QED) is 0.151. The molecule has 8 nitrogen and oxygen atoms in total. The number of hydrogen-bond acceptors (Lipinski definition) is 7. The van der Waals surface area contributed by atoms with Gasteiger partial charge in [-0.05, 0) is 149 Å².